The predicted molar refractivity (Wildman–Crippen MR) is 73.5 cm³/mol. The highest BCUT2D eigenvalue weighted by molar-refractivity contribution is 5.81. The minimum atomic E-state index is -0.444. The summed E-state index contributed by atoms with van der Waals surface area (Å²) in [7, 11) is 0. The van der Waals surface area contributed by atoms with E-state index in [9.17, 15) is 4.79 Å². The molecule has 100 valence electrons. The van der Waals surface area contributed by atoms with E-state index in [4.69, 9.17) is 10.5 Å². The third kappa shape index (κ3) is 4.01. The van der Waals surface area contributed by atoms with Gasteiger partial charge in [-0.2, -0.15) is 0 Å². The van der Waals surface area contributed by atoms with Crippen molar-refractivity contribution in [3.63, 3.8) is 0 Å². The molecule has 2 rings (SSSR count). The van der Waals surface area contributed by atoms with Crippen LogP contribution in [0.3, 0.4) is 0 Å². The Labute approximate surface area is 111 Å². The summed E-state index contributed by atoms with van der Waals surface area (Å²) in [5.41, 5.74) is 7.16. The second kappa shape index (κ2) is 6.82. The van der Waals surface area contributed by atoms with Crippen molar-refractivity contribution >= 4 is 16.8 Å². The number of hydrogen-bond donors (Lipinski definition) is 2. The lowest BCUT2D eigenvalue weighted by Crippen LogP contribution is -2.23. The number of nitrogens with two attached hydrogens (primary N) is 1. The molecule has 0 aliphatic heterocycles. The average molecular weight is 259 g/mol. The van der Waals surface area contributed by atoms with Crippen molar-refractivity contribution in [2.45, 2.75) is 6.54 Å². The molecule has 0 atom stereocenters. The quantitative estimate of drug-likeness (QED) is 0.722. The summed E-state index contributed by atoms with van der Waals surface area (Å²) in [4.78, 5) is 14.8. The topological polar surface area (TPSA) is 77.2 Å². The molecule has 0 aliphatic carbocycles. The molecule has 0 bridgehead atoms. The SMILES string of the molecule is NC(=O)COCCNCc1ccnc2ccccc12. The fourth-order valence-corrected chi connectivity index (χ4v) is 1.85. The summed E-state index contributed by atoms with van der Waals surface area (Å²) in [6, 6.07) is 10.0. The largest absolute Gasteiger partial charge is 0.370 e. The molecule has 1 heterocycles. The van der Waals surface area contributed by atoms with Crippen LogP contribution < -0.4 is 11.1 Å². The fourth-order valence-electron chi connectivity index (χ4n) is 1.85. The Balaban J connectivity index is 1.83. The van der Waals surface area contributed by atoms with Crippen LogP contribution in [0.5, 0.6) is 0 Å². The van der Waals surface area contributed by atoms with Crippen molar-refractivity contribution in [3.8, 4) is 0 Å². The van der Waals surface area contributed by atoms with Gasteiger partial charge in [0.2, 0.25) is 5.91 Å². The monoisotopic (exact) mass is 259 g/mol. The van der Waals surface area contributed by atoms with Crippen molar-refractivity contribution < 1.29 is 9.53 Å². The van der Waals surface area contributed by atoms with Gasteiger partial charge in [-0.1, -0.05) is 18.2 Å². The maximum Gasteiger partial charge on any atom is 0.243 e. The van der Waals surface area contributed by atoms with Crippen LogP contribution >= 0.6 is 0 Å². The Morgan fingerprint density at radius 3 is 3.00 bits per heavy atom. The molecule has 3 N–H and O–H groups in total. The summed E-state index contributed by atoms with van der Waals surface area (Å²) in [6.45, 7) is 1.85. The van der Waals surface area contributed by atoms with Gasteiger partial charge in [0.1, 0.15) is 6.61 Å². The maximum absolute atomic E-state index is 10.5. The maximum atomic E-state index is 10.5. The van der Waals surface area contributed by atoms with Crippen LogP contribution in [0, 0.1) is 0 Å². The molecule has 1 aromatic heterocycles. The molecule has 0 fully saturated rings. The number of carbonyl (C=O) groups excluding carboxylic acids is 1. The summed E-state index contributed by atoms with van der Waals surface area (Å²) in [6.07, 6.45) is 1.81. The molecular weight excluding hydrogens is 242 g/mol. The molecule has 0 aliphatic rings. The number of rotatable bonds is 7. The number of amides is 1. The number of pyridine rings is 1. The number of hydrogen-bond acceptors (Lipinski definition) is 4. The van der Waals surface area contributed by atoms with Crippen molar-refractivity contribution in [1.82, 2.24) is 10.3 Å². The van der Waals surface area contributed by atoms with Crippen LogP contribution in [0.15, 0.2) is 36.5 Å². The first-order valence-corrected chi connectivity index (χ1v) is 6.17. The van der Waals surface area contributed by atoms with E-state index in [1.54, 1.807) is 0 Å². The van der Waals surface area contributed by atoms with Crippen molar-refractivity contribution in [1.29, 1.82) is 0 Å². The third-order valence-electron chi connectivity index (χ3n) is 2.72. The van der Waals surface area contributed by atoms with E-state index >= 15 is 0 Å². The van der Waals surface area contributed by atoms with E-state index in [0.29, 0.717) is 13.2 Å². The highest BCUT2D eigenvalue weighted by atomic mass is 16.5. The van der Waals surface area contributed by atoms with Gasteiger partial charge < -0.3 is 15.8 Å². The summed E-state index contributed by atoms with van der Waals surface area (Å²) in [5, 5.41) is 4.41. The summed E-state index contributed by atoms with van der Waals surface area (Å²) < 4.78 is 5.07. The molecule has 1 aromatic carbocycles. The Kier molecular flexibility index (Phi) is 4.83. The Morgan fingerprint density at radius 2 is 2.16 bits per heavy atom. The van der Waals surface area contributed by atoms with Crippen molar-refractivity contribution in [2.24, 2.45) is 5.73 Å². The summed E-state index contributed by atoms with van der Waals surface area (Å²) in [5.74, 6) is -0.444. The molecule has 0 radical (unpaired) electrons. The van der Waals surface area contributed by atoms with Gasteiger partial charge in [-0.3, -0.25) is 9.78 Å². The molecule has 2 aromatic rings. The molecule has 5 heteroatoms. The molecule has 1 amide bonds. The predicted octanol–water partition coefficient (Wildman–Crippen LogP) is 0.826. The molecular formula is C14H17N3O2. The average Bonchev–Trinajstić information content (AvgIpc) is 2.42. The zero-order chi connectivity index (χ0) is 13.5. The van der Waals surface area contributed by atoms with E-state index < -0.39 is 5.91 Å². The smallest absolute Gasteiger partial charge is 0.243 e. The number of nitrogens with one attached hydrogen (secondary N) is 1. The zero-order valence-corrected chi connectivity index (χ0v) is 10.6. The van der Waals surface area contributed by atoms with E-state index in [1.807, 2.05) is 30.5 Å². The van der Waals surface area contributed by atoms with Gasteiger partial charge in [-0.05, 0) is 17.7 Å². The van der Waals surface area contributed by atoms with E-state index in [2.05, 4.69) is 16.4 Å². The van der Waals surface area contributed by atoms with Gasteiger partial charge >= 0.3 is 0 Å². The van der Waals surface area contributed by atoms with Gasteiger partial charge in [0.15, 0.2) is 0 Å². The van der Waals surface area contributed by atoms with Gasteiger partial charge in [-0.25, -0.2) is 0 Å². The number of carbonyl (C=O) groups is 1. The Morgan fingerprint density at radius 1 is 1.32 bits per heavy atom. The lowest BCUT2D eigenvalue weighted by molar-refractivity contribution is -0.122. The van der Waals surface area contributed by atoms with E-state index in [-0.39, 0.29) is 6.61 Å². The molecule has 0 saturated heterocycles. The number of aromatic nitrogens is 1. The third-order valence-corrected chi connectivity index (χ3v) is 2.72. The van der Waals surface area contributed by atoms with Crippen LogP contribution in [-0.2, 0) is 16.1 Å². The number of primary amides is 1. The van der Waals surface area contributed by atoms with Crippen LogP contribution in [0.4, 0.5) is 0 Å². The molecule has 0 unspecified atom stereocenters. The van der Waals surface area contributed by atoms with E-state index in [0.717, 1.165) is 17.4 Å². The normalized spacial score (nSPS) is 10.7. The van der Waals surface area contributed by atoms with Gasteiger partial charge in [-0.15, -0.1) is 0 Å². The minimum absolute atomic E-state index is 0.0279. The highest BCUT2D eigenvalue weighted by Gasteiger charge is 2.00. The van der Waals surface area contributed by atoms with Crippen LogP contribution in [0.1, 0.15) is 5.56 Å². The van der Waals surface area contributed by atoms with Crippen molar-refractivity contribution in [3.05, 3.63) is 42.1 Å². The molecule has 5 nitrogen and oxygen atoms in total. The van der Waals surface area contributed by atoms with E-state index in [1.165, 1.54) is 5.56 Å². The molecule has 0 spiro atoms. The lowest BCUT2D eigenvalue weighted by atomic mass is 10.1. The number of benzene rings is 1. The van der Waals surface area contributed by atoms with Crippen LogP contribution in [-0.4, -0.2) is 30.6 Å². The van der Waals surface area contributed by atoms with Gasteiger partial charge in [0, 0.05) is 24.7 Å². The lowest BCUT2D eigenvalue weighted by Gasteiger charge is -2.07. The highest BCUT2D eigenvalue weighted by Crippen LogP contribution is 2.15. The zero-order valence-electron chi connectivity index (χ0n) is 10.6. The van der Waals surface area contributed by atoms with Crippen LogP contribution in [0.2, 0.25) is 0 Å². The number of nitrogens with zero attached hydrogens (tertiary/aromatic N) is 1. The Bertz CT molecular complexity index is 552. The van der Waals surface area contributed by atoms with Crippen LogP contribution in [0.25, 0.3) is 10.9 Å². The Hall–Kier alpha value is -1.98. The first-order valence-electron chi connectivity index (χ1n) is 6.17. The second-order valence-electron chi connectivity index (χ2n) is 4.18. The fraction of sp³-hybridized carbons (Fsp3) is 0.286. The number of para-hydroxylation sites is 1. The number of fused-ring (bicyclic) bond motifs is 1. The first kappa shape index (κ1) is 13.5. The summed E-state index contributed by atoms with van der Waals surface area (Å²) >= 11 is 0. The second-order valence-corrected chi connectivity index (χ2v) is 4.18. The van der Waals surface area contributed by atoms with Gasteiger partial charge in [0.05, 0.1) is 12.1 Å². The molecule has 19 heavy (non-hydrogen) atoms. The standard InChI is InChI=1S/C14H17N3O2/c15-14(18)10-19-8-7-16-9-11-5-6-17-13-4-2-1-3-12(11)13/h1-6,16H,7-10H2,(H2,15,18). The first-order chi connectivity index (χ1) is 9.27. The van der Waals surface area contributed by atoms with Crippen molar-refractivity contribution in [2.75, 3.05) is 19.8 Å². The van der Waals surface area contributed by atoms with Gasteiger partial charge in [0.25, 0.3) is 0 Å². The minimum Gasteiger partial charge on any atom is -0.370 e. The number of ether oxygens (including phenoxy) is 1. The molecule has 0 saturated carbocycles.